The van der Waals surface area contributed by atoms with Crippen molar-refractivity contribution < 1.29 is 4.79 Å². The summed E-state index contributed by atoms with van der Waals surface area (Å²) in [5, 5.41) is 9.37. The number of aromatic nitrogens is 1. The molecular weight excluding hydrogens is 441 g/mol. The van der Waals surface area contributed by atoms with Gasteiger partial charge in [-0.2, -0.15) is 0 Å². The van der Waals surface area contributed by atoms with Crippen LogP contribution in [0.25, 0.3) is 0 Å². The van der Waals surface area contributed by atoms with Gasteiger partial charge in [-0.3, -0.25) is 4.79 Å². The summed E-state index contributed by atoms with van der Waals surface area (Å²) in [4.78, 5) is 16.4. The van der Waals surface area contributed by atoms with Crippen LogP contribution in [0, 0.1) is 0 Å². The van der Waals surface area contributed by atoms with Crippen molar-refractivity contribution in [3.63, 3.8) is 0 Å². The maximum Gasteiger partial charge on any atom is 0.251 e. The Morgan fingerprint density at radius 2 is 1.65 bits per heavy atom. The smallest absolute Gasteiger partial charge is 0.251 e. The zero-order chi connectivity index (χ0) is 17.9. The lowest BCUT2D eigenvalue weighted by molar-refractivity contribution is 0.0956. The summed E-state index contributed by atoms with van der Waals surface area (Å²) in [6.07, 6.45) is 4.09. The molecule has 0 aliphatic rings. The van der Waals surface area contributed by atoms with E-state index in [1.54, 1.807) is 0 Å². The number of aliphatic imine (C=N–C) groups is 1. The summed E-state index contributed by atoms with van der Waals surface area (Å²) < 4.78 is 2.12. The van der Waals surface area contributed by atoms with Gasteiger partial charge in [-0.1, -0.05) is 12.1 Å². The van der Waals surface area contributed by atoms with Crippen LogP contribution in [0.4, 0.5) is 0 Å². The van der Waals surface area contributed by atoms with Gasteiger partial charge in [0.15, 0.2) is 5.96 Å². The quantitative estimate of drug-likeness (QED) is 0.316. The topological polar surface area (TPSA) is 70.4 Å². The monoisotopic (exact) mass is 469 g/mol. The van der Waals surface area contributed by atoms with Gasteiger partial charge >= 0.3 is 0 Å². The minimum absolute atomic E-state index is 0. The highest BCUT2D eigenvalue weighted by atomic mass is 127. The molecule has 1 heterocycles. The van der Waals surface area contributed by atoms with E-state index < -0.39 is 0 Å². The van der Waals surface area contributed by atoms with Crippen molar-refractivity contribution >= 4 is 35.8 Å². The van der Waals surface area contributed by atoms with Crippen LogP contribution in [0.3, 0.4) is 0 Å². The number of halogens is 1. The highest BCUT2D eigenvalue weighted by molar-refractivity contribution is 14.0. The third-order valence-corrected chi connectivity index (χ3v) is 3.65. The number of amides is 1. The van der Waals surface area contributed by atoms with Crippen LogP contribution < -0.4 is 16.0 Å². The molecule has 1 amide bonds. The van der Waals surface area contributed by atoms with Gasteiger partial charge in [0, 0.05) is 44.1 Å². The normalized spacial score (nSPS) is 10.8. The number of nitrogens with one attached hydrogen (secondary N) is 3. The summed E-state index contributed by atoms with van der Waals surface area (Å²) in [6.45, 7) is 7.65. The molecule has 6 nitrogen and oxygen atoms in total. The molecule has 0 aliphatic heterocycles. The predicted octanol–water partition coefficient (Wildman–Crippen LogP) is 2.61. The number of hydrogen-bond donors (Lipinski definition) is 3. The molecule has 0 unspecified atom stereocenters. The van der Waals surface area contributed by atoms with Crippen LogP contribution in [0.1, 0.15) is 29.8 Å². The van der Waals surface area contributed by atoms with Crippen LogP contribution in [-0.2, 0) is 13.1 Å². The maximum atomic E-state index is 11.8. The first-order chi connectivity index (χ1) is 12.2. The fraction of sp³-hybridized carbons (Fsp3) is 0.368. The molecule has 26 heavy (non-hydrogen) atoms. The summed E-state index contributed by atoms with van der Waals surface area (Å²) in [5.41, 5.74) is 1.74. The zero-order valence-corrected chi connectivity index (χ0v) is 17.7. The van der Waals surface area contributed by atoms with Crippen molar-refractivity contribution in [2.75, 3.05) is 19.6 Å². The number of guanidine groups is 1. The molecule has 3 N–H and O–H groups in total. The van der Waals surface area contributed by atoms with Crippen LogP contribution in [0.5, 0.6) is 0 Å². The van der Waals surface area contributed by atoms with Gasteiger partial charge in [0.25, 0.3) is 5.91 Å². The van der Waals surface area contributed by atoms with Crippen LogP contribution in [-0.4, -0.2) is 36.1 Å². The number of hydrogen-bond acceptors (Lipinski definition) is 2. The minimum Gasteiger partial charge on any atom is -0.357 e. The van der Waals surface area contributed by atoms with Gasteiger partial charge in [0.1, 0.15) is 0 Å². The van der Waals surface area contributed by atoms with Crippen LogP contribution in [0.15, 0.2) is 53.8 Å². The molecule has 0 radical (unpaired) electrons. The fourth-order valence-corrected chi connectivity index (χ4v) is 2.36. The Balaban J connectivity index is 0.00000338. The molecule has 0 saturated carbocycles. The van der Waals surface area contributed by atoms with E-state index in [0.29, 0.717) is 18.7 Å². The number of rotatable bonds is 8. The van der Waals surface area contributed by atoms with E-state index in [0.717, 1.165) is 31.2 Å². The van der Waals surface area contributed by atoms with E-state index in [-0.39, 0.29) is 29.9 Å². The highest BCUT2D eigenvalue weighted by Crippen LogP contribution is 2.05. The van der Waals surface area contributed by atoms with Gasteiger partial charge in [0.2, 0.25) is 0 Å². The second-order valence-electron chi connectivity index (χ2n) is 5.60. The Hall–Kier alpha value is -2.03. The molecule has 0 bridgehead atoms. The van der Waals surface area contributed by atoms with E-state index in [1.165, 1.54) is 0 Å². The molecule has 7 heteroatoms. The Bertz CT molecular complexity index is 668. The minimum atomic E-state index is -0.0439. The fourth-order valence-electron chi connectivity index (χ4n) is 2.36. The summed E-state index contributed by atoms with van der Waals surface area (Å²) in [7, 11) is 0. The largest absolute Gasteiger partial charge is 0.357 e. The third-order valence-electron chi connectivity index (χ3n) is 3.65. The first kappa shape index (κ1) is 22.0. The first-order valence-corrected chi connectivity index (χ1v) is 8.73. The Kier molecular flexibility index (Phi) is 10.5. The first-order valence-electron chi connectivity index (χ1n) is 8.73. The number of carbonyl (C=O) groups is 1. The van der Waals surface area contributed by atoms with E-state index in [4.69, 9.17) is 0 Å². The SMILES string of the molecule is CCNC(=O)c1ccc(CN=C(NCC)NCCn2cccc2)cc1.I. The summed E-state index contributed by atoms with van der Waals surface area (Å²) in [6, 6.07) is 11.6. The summed E-state index contributed by atoms with van der Waals surface area (Å²) >= 11 is 0. The Morgan fingerprint density at radius 1 is 1.00 bits per heavy atom. The predicted molar refractivity (Wildman–Crippen MR) is 117 cm³/mol. The second kappa shape index (κ2) is 12.3. The molecule has 0 aliphatic carbocycles. The van der Waals surface area contributed by atoms with Gasteiger partial charge in [-0.25, -0.2) is 4.99 Å². The average Bonchev–Trinajstić information content (AvgIpc) is 3.14. The van der Waals surface area contributed by atoms with E-state index >= 15 is 0 Å². The average molecular weight is 469 g/mol. The molecule has 0 spiro atoms. The standard InChI is InChI=1S/C19H27N5O.HI/c1-3-20-18(25)17-9-7-16(8-10-17)15-23-19(21-4-2)22-11-14-24-12-5-6-13-24;/h5-10,12-13H,3-4,11,14-15H2,1-2H3,(H,20,25)(H2,21,22,23);1H. The summed E-state index contributed by atoms with van der Waals surface area (Å²) in [5.74, 6) is 0.750. The van der Waals surface area contributed by atoms with Crippen molar-refractivity contribution in [2.24, 2.45) is 4.99 Å². The second-order valence-corrected chi connectivity index (χ2v) is 5.60. The van der Waals surface area contributed by atoms with Crippen molar-refractivity contribution in [2.45, 2.75) is 26.9 Å². The Labute approximate surface area is 172 Å². The number of benzene rings is 1. The van der Waals surface area contributed by atoms with Crippen molar-refractivity contribution in [1.82, 2.24) is 20.5 Å². The van der Waals surface area contributed by atoms with Gasteiger partial charge in [0.05, 0.1) is 6.54 Å². The highest BCUT2D eigenvalue weighted by Gasteiger charge is 2.03. The molecule has 2 aromatic rings. The molecule has 1 aromatic carbocycles. The van der Waals surface area contributed by atoms with Crippen molar-refractivity contribution in [3.8, 4) is 0 Å². The molecule has 0 saturated heterocycles. The lowest BCUT2D eigenvalue weighted by Gasteiger charge is -2.12. The molecule has 142 valence electrons. The van der Waals surface area contributed by atoms with Crippen LogP contribution >= 0.6 is 24.0 Å². The van der Waals surface area contributed by atoms with Crippen molar-refractivity contribution in [3.05, 3.63) is 59.9 Å². The van der Waals surface area contributed by atoms with E-state index in [2.05, 4.69) is 25.5 Å². The number of carbonyl (C=O) groups excluding carboxylic acids is 1. The van der Waals surface area contributed by atoms with Gasteiger partial charge in [-0.05, 0) is 43.7 Å². The lowest BCUT2D eigenvalue weighted by atomic mass is 10.1. The molecule has 0 fully saturated rings. The lowest BCUT2D eigenvalue weighted by Crippen LogP contribution is -2.38. The molecule has 2 rings (SSSR count). The molecular formula is C19H28IN5O. The Morgan fingerprint density at radius 3 is 2.27 bits per heavy atom. The maximum absolute atomic E-state index is 11.8. The van der Waals surface area contributed by atoms with Crippen LogP contribution in [0.2, 0.25) is 0 Å². The molecule has 0 atom stereocenters. The van der Waals surface area contributed by atoms with Crippen molar-refractivity contribution in [1.29, 1.82) is 0 Å². The zero-order valence-electron chi connectivity index (χ0n) is 15.4. The van der Waals surface area contributed by atoms with Gasteiger partial charge in [-0.15, -0.1) is 24.0 Å². The van der Waals surface area contributed by atoms with E-state index in [1.807, 2.05) is 62.6 Å². The molecule has 1 aromatic heterocycles. The third kappa shape index (κ3) is 7.47. The van der Waals surface area contributed by atoms with E-state index in [9.17, 15) is 4.79 Å². The van der Waals surface area contributed by atoms with Gasteiger partial charge < -0.3 is 20.5 Å². The number of nitrogens with zero attached hydrogens (tertiary/aromatic N) is 2.